The molecule has 0 atom stereocenters. The minimum absolute atomic E-state index is 0.0810. The molecule has 0 aromatic rings. The zero-order chi connectivity index (χ0) is 12.7. The second-order valence-corrected chi connectivity index (χ2v) is 3.76. The highest BCUT2D eigenvalue weighted by Crippen LogP contribution is 2.12. The van der Waals surface area contributed by atoms with Crippen LogP contribution in [0.1, 0.15) is 25.7 Å². The van der Waals surface area contributed by atoms with E-state index in [-0.39, 0.29) is 11.8 Å². The Morgan fingerprint density at radius 2 is 2.06 bits per heavy atom. The first kappa shape index (κ1) is 13.3. The van der Waals surface area contributed by atoms with Crippen LogP contribution >= 0.6 is 0 Å². The molecule has 0 aromatic carbocycles. The van der Waals surface area contributed by atoms with Crippen molar-refractivity contribution in [3.63, 3.8) is 0 Å². The van der Waals surface area contributed by atoms with E-state index in [2.05, 4.69) is 16.7 Å². The second-order valence-electron chi connectivity index (χ2n) is 3.76. The number of allylic oxidation sites excluding steroid dienone is 1. The van der Waals surface area contributed by atoms with Crippen molar-refractivity contribution in [2.75, 3.05) is 13.6 Å². The number of carbonyl (C=O) groups is 2. The zero-order valence-corrected chi connectivity index (χ0v) is 10.1. The Bertz CT molecular complexity index is 356. The van der Waals surface area contributed by atoms with Crippen LogP contribution in [0.2, 0.25) is 0 Å². The van der Waals surface area contributed by atoms with Gasteiger partial charge in [0, 0.05) is 44.8 Å². The summed E-state index contributed by atoms with van der Waals surface area (Å²) in [5, 5.41) is 0. The lowest BCUT2D eigenvalue weighted by Gasteiger charge is -2.24. The maximum absolute atomic E-state index is 11.5. The van der Waals surface area contributed by atoms with Crippen LogP contribution in [0.4, 0.5) is 0 Å². The molecule has 1 fully saturated rings. The molecule has 1 aliphatic heterocycles. The van der Waals surface area contributed by atoms with E-state index in [0.29, 0.717) is 32.2 Å². The molecule has 0 bridgehead atoms. The first-order chi connectivity index (χ1) is 8.19. The molecule has 0 aliphatic carbocycles. The largest absolute Gasteiger partial charge is 0.293 e. The van der Waals surface area contributed by atoms with E-state index < -0.39 is 0 Å². The fourth-order valence-electron chi connectivity index (χ4n) is 1.68. The number of nitrogens with zero attached hydrogens (tertiary/aromatic N) is 3. The lowest BCUT2D eigenvalue weighted by Crippen LogP contribution is -2.41. The molecule has 0 N–H and O–H groups in total. The fraction of sp³-hybridized carbons (Fsp3) is 0.500. The van der Waals surface area contributed by atoms with Gasteiger partial charge in [-0.25, -0.2) is 0 Å². The Morgan fingerprint density at radius 3 is 2.59 bits per heavy atom. The van der Waals surface area contributed by atoms with Crippen LogP contribution in [-0.4, -0.2) is 42.7 Å². The third-order valence-electron chi connectivity index (χ3n) is 2.63. The molecule has 0 radical (unpaired) electrons. The molecular weight excluding hydrogens is 218 g/mol. The minimum atomic E-state index is -0.0810. The molecule has 92 valence electrons. The average Bonchev–Trinajstić information content (AvgIpc) is 2.32. The van der Waals surface area contributed by atoms with Gasteiger partial charge in [-0.15, -0.1) is 0 Å². The second kappa shape index (κ2) is 6.73. The summed E-state index contributed by atoms with van der Waals surface area (Å²) in [6.45, 7) is 3.73. The molecule has 1 heterocycles. The summed E-state index contributed by atoms with van der Waals surface area (Å²) >= 11 is 0. The third-order valence-corrected chi connectivity index (χ3v) is 2.63. The molecule has 0 aromatic heterocycles. The van der Waals surface area contributed by atoms with E-state index in [1.165, 1.54) is 4.90 Å². The van der Waals surface area contributed by atoms with E-state index in [1.54, 1.807) is 19.3 Å². The number of hydrogen-bond acceptors (Lipinski definition) is 4. The summed E-state index contributed by atoms with van der Waals surface area (Å²) in [6, 6.07) is 0. The van der Waals surface area contributed by atoms with Gasteiger partial charge < -0.3 is 0 Å². The molecule has 1 saturated heterocycles. The highest BCUT2D eigenvalue weighted by atomic mass is 16.2. The third kappa shape index (κ3) is 3.94. The maximum atomic E-state index is 11.5. The number of imide groups is 1. The number of piperidine rings is 1. The van der Waals surface area contributed by atoms with Gasteiger partial charge >= 0.3 is 0 Å². The molecule has 0 unspecified atom stereocenters. The lowest BCUT2D eigenvalue weighted by molar-refractivity contribution is -0.147. The number of aliphatic imine (C=N–C) groups is 2. The van der Waals surface area contributed by atoms with Crippen molar-refractivity contribution in [3.05, 3.63) is 12.3 Å². The molecule has 5 nitrogen and oxygen atoms in total. The lowest BCUT2D eigenvalue weighted by atomic mass is 10.1. The van der Waals surface area contributed by atoms with Gasteiger partial charge in [0.05, 0.1) is 0 Å². The van der Waals surface area contributed by atoms with Crippen molar-refractivity contribution >= 4 is 24.2 Å². The van der Waals surface area contributed by atoms with Gasteiger partial charge in [-0.1, -0.05) is 0 Å². The first-order valence-electron chi connectivity index (χ1n) is 5.60. The molecular formula is C12H17N3O2. The molecule has 17 heavy (non-hydrogen) atoms. The van der Waals surface area contributed by atoms with Crippen molar-refractivity contribution in [1.29, 1.82) is 0 Å². The summed E-state index contributed by atoms with van der Waals surface area (Å²) in [6.07, 6.45) is 5.43. The summed E-state index contributed by atoms with van der Waals surface area (Å²) in [5.74, 6) is -0.162. The summed E-state index contributed by atoms with van der Waals surface area (Å²) < 4.78 is 0. The van der Waals surface area contributed by atoms with Crippen LogP contribution in [0.25, 0.3) is 0 Å². The average molecular weight is 235 g/mol. The first-order valence-corrected chi connectivity index (χ1v) is 5.60. The summed E-state index contributed by atoms with van der Waals surface area (Å²) in [7, 11) is 1.67. The molecule has 0 saturated carbocycles. The van der Waals surface area contributed by atoms with Gasteiger partial charge in [-0.3, -0.25) is 24.5 Å². The number of hydrogen-bond donors (Lipinski definition) is 0. The molecule has 1 aliphatic rings. The van der Waals surface area contributed by atoms with Crippen molar-refractivity contribution in [2.45, 2.75) is 25.7 Å². The van der Waals surface area contributed by atoms with E-state index >= 15 is 0 Å². The number of rotatable bonds is 5. The van der Waals surface area contributed by atoms with Crippen LogP contribution in [0, 0.1) is 0 Å². The Hall–Kier alpha value is -1.78. The van der Waals surface area contributed by atoms with Crippen molar-refractivity contribution in [1.82, 2.24) is 4.90 Å². The van der Waals surface area contributed by atoms with Crippen molar-refractivity contribution in [2.24, 2.45) is 9.98 Å². The SMILES string of the molecule is C=NC=CC(CCN1C(=O)CCCC1=O)=NC. The van der Waals surface area contributed by atoms with Crippen molar-refractivity contribution in [3.8, 4) is 0 Å². The van der Waals surface area contributed by atoms with Crippen LogP contribution < -0.4 is 0 Å². The minimum Gasteiger partial charge on any atom is -0.293 e. The molecule has 1 rings (SSSR count). The van der Waals surface area contributed by atoms with Gasteiger partial charge in [0.25, 0.3) is 0 Å². The maximum Gasteiger partial charge on any atom is 0.229 e. The molecule has 0 spiro atoms. The van der Waals surface area contributed by atoms with Gasteiger partial charge in [0.15, 0.2) is 0 Å². The zero-order valence-electron chi connectivity index (χ0n) is 10.1. The number of carbonyl (C=O) groups excluding carboxylic acids is 2. The van der Waals surface area contributed by atoms with E-state index in [0.717, 1.165) is 5.71 Å². The van der Waals surface area contributed by atoms with Gasteiger partial charge in [-0.2, -0.15) is 0 Å². The van der Waals surface area contributed by atoms with Crippen LogP contribution in [0.3, 0.4) is 0 Å². The van der Waals surface area contributed by atoms with E-state index in [1.807, 2.05) is 0 Å². The highest BCUT2D eigenvalue weighted by Gasteiger charge is 2.25. The van der Waals surface area contributed by atoms with Gasteiger partial charge in [0.2, 0.25) is 11.8 Å². The van der Waals surface area contributed by atoms with E-state index in [4.69, 9.17) is 0 Å². The predicted molar refractivity (Wildman–Crippen MR) is 67.2 cm³/mol. The van der Waals surface area contributed by atoms with Gasteiger partial charge in [-0.05, 0) is 19.2 Å². The fourth-order valence-corrected chi connectivity index (χ4v) is 1.68. The monoisotopic (exact) mass is 235 g/mol. The van der Waals surface area contributed by atoms with Gasteiger partial charge in [0.1, 0.15) is 0 Å². The van der Waals surface area contributed by atoms with E-state index in [9.17, 15) is 9.59 Å². The standard InChI is InChI=1S/C12H17N3O2/c1-13-8-6-10(14-2)7-9-15-11(16)4-3-5-12(15)17/h6,8H,1,3-5,7,9H2,2H3. The number of likely N-dealkylation sites (tertiary alicyclic amines) is 1. The molecule has 5 heteroatoms. The topological polar surface area (TPSA) is 62.1 Å². The predicted octanol–water partition coefficient (Wildman–Crippen LogP) is 1.20. The summed E-state index contributed by atoms with van der Waals surface area (Å²) in [5.41, 5.74) is 0.795. The highest BCUT2D eigenvalue weighted by molar-refractivity contribution is 5.99. The Balaban J connectivity index is 2.53. The smallest absolute Gasteiger partial charge is 0.229 e. The quantitative estimate of drug-likeness (QED) is 0.531. The normalized spacial score (nSPS) is 17.9. The Kier molecular flexibility index (Phi) is 5.26. The van der Waals surface area contributed by atoms with Crippen LogP contribution in [-0.2, 0) is 9.59 Å². The van der Waals surface area contributed by atoms with Crippen molar-refractivity contribution < 1.29 is 9.59 Å². The van der Waals surface area contributed by atoms with Crippen LogP contribution in [0.15, 0.2) is 22.3 Å². The van der Waals surface area contributed by atoms with Crippen LogP contribution in [0.5, 0.6) is 0 Å². The Morgan fingerprint density at radius 1 is 1.41 bits per heavy atom. The molecule has 2 amide bonds. The number of amides is 2. The Labute approximate surface area is 101 Å². The summed E-state index contributed by atoms with van der Waals surface area (Å²) in [4.78, 5) is 32.0.